The molecule has 0 bridgehead atoms. The van der Waals surface area contributed by atoms with E-state index in [0.29, 0.717) is 18.0 Å². The smallest absolute Gasteiger partial charge is 0.137 e. The zero-order valence-corrected chi connectivity index (χ0v) is 20.4. The van der Waals surface area contributed by atoms with Crippen molar-refractivity contribution in [2.45, 2.75) is 19.8 Å². The molecule has 1 aromatic carbocycles. The van der Waals surface area contributed by atoms with Crippen LogP contribution in [0.3, 0.4) is 0 Å². The number of benzene rings is 1. The summed E-state index contributed by atoms with van der Waals surface area (Å²) in [6.07, 6.45) is 6.96. The molecule has 4 rings (SSSR count). The third-order valence-electron chi connectivity index (χ3n) is 6.18. The number of fused-ring (bicyclic) bond motifs is 1. The number of anilines is 1. The summed E-state index contributed by atoms with van der Waals surface area (Å²) in [7, 11) is 0. The second-order valence-electron chi connectivity index (χ2n) is 9.22. The second-order valence-corrected chi connectivity index (χ2v) is 9.22. The van der Waals surface area contributed by atoms with Crippen LogP contribution in [-0.2, 0) is 4.74 Å². The number of aromatic amines is 1. The quantitative estimate of drug-likeness (QED) is 0.382. The monoisotopic (exact) mass is 471 g/mol. The van der Waals surface area contributed by atoms with Gasteiger partial charge in [0, 0.05) is 62.0 Å². The molecule has 0 amide bonds. The summed E-state index contributed by atoms with van der Waals surface area (Å²) < 4.78 is 5.39. The first-order valence-corrected chi connectivity index (χ1v) is 12.1. The highest BCUT2D eigenvalue weighted by atomic mass is 16.5. The van der Waals surface area contributed by atoms with E-state index >= 15 is 0 Å². The zero-order chi connectivity index (χ0) is 24.6. The number of H-pyrrole nitrogens is 1. The highest BCUT2D eigenvalue weighted by molar-refractivity contribution is 5.96. The van der Waals surface area contributed by atoms with Gasteiger partial charge in [-0.05, 0) is 35.2 Å². The van der Waals surface area contributed by atoms with Gasteiger partial charge in [-0.15, -0.1) is 0 Å². The number of aliphatic imine (C=N–C) groups is 1. The number of pyridine rings is 1. The predicted molar refractivity (Wildman–Crippen MR) is 142 cm³/mol. The summed E-state index contributed by atoms with van der Waals surface area (Å²) in [4.78, 5) is 14.8. The number of nitrogens with zero attached hydrogens (tertiary/aromatic N) is 4. The van der Waals surface area contributed by atoms with Gasteiger partial charge < -0.3 is 20.4 Å². The lowest BCUT2D eigenvalue weighted by Gasteiger charge is -2.25. The lowest BCUT2D eigenvalue weighted by atomic mass is 9.98. The fourth-order valence-corrected chi connectivity index (χ4v) is 4.15. The molecule has 1 fully saturated rings. The van der Waals surface area contributed by atoms with Gasteiger partial charge in [0.15, 0.2) is 0 Å². The van der Waals surface area contributed by atoms with Crippen LogP contribution in [0.4, 0.5) is 5.69 Å². The molecule has 1 aliphatic rings. The molecular weight excluding hydrogens is 438 g/mol. The van der Waals surface area contributed by atoms with E-state index < -0.39 is 0 Å². The Bertz CT molecular complexity index is 1220. The van der Waals surface area contributed by atoms with Crippen molar-refractivity contribution < 1.29 is 4.74 Å². The number of morpholine rings is 1. The highest BCUT2D eigenvalue weighted by Gasteiger charge is 2.14. The van der Waals surface area contributed by atoms with E-state index in [9.17, 15) is 5.26 Å². The van der Waals surface area contributed by atoms with Crippen molar-refractivity contribution in [3.63, 3.8) is 0 Å². The zero-order valence-electron chi connectivity index (χ0n) is 20.4. The molecule has 3 heterocycles. The van der Waals surface area contributed by atoms with Crippen LogP contribution in [0.5, 0.6) is 0 Å². The SMILES string of the molecule is CC(C)CNc1ccc(-c2c[nH]c3ncc(C(C=N)C=NCCN4CCOCC4)cc23)cc1C#N. The summed E-state index contributed by atoms with van der Waals surface area (Å²) in [6.45, 7) is 10.1. The van der Waals surface area contributed by atoms with Crippen LogP contribution < -0.4 is 5.32 Å². The third kappa shape index (κ3) is 6.13. The van der Waals surface area contributed by atoms with E-state index in [1.54, 1.807) is 6.20 Å². The van der Waals surface area contributed by atoms with Crippen LogP contribution in [0, 0.1) is 22.7 Å². The van der Waals surface area contributed by atoms with E-state index in [0.717, 1.165) is 72.8 Å². The molecule has 35 heavy (non-hydrogen) atoms. The first kappa shape index (κ1) is 24.6. The van der Waals surface area contributed by atoms with Gasteiger partial charge in [0.25, 0.3) is 0 Å². The van der Waals surface area contributed by atoms with Gasteiger partial charge in [-0.3, -0.25) is 9.89 Å². The van der Waals surface area contributed by atoms with Gasteiger partial charge in [0.2, 0.25) is 0 Å². The molecule has 8 heteroatoms. The molecule has 1 saturated heterocycles. The molecule has 2 aromatic heterocycles. The van der Waals surface area contributed by atoms with E-state index in [1.165, 1.54) is 6.21 Å². The van der Waals surface area contributed by atoms with Crippen molar-refractivity contribution in [3.8, 4) is 17.2 Å². The molecule has 0 saturated carbocycles. The van der Waals surface area contributed by atoms with Gasteiger partial charge in [-0.2, -0.15) is 5.26 Å². The fourth-order valence-electron chi connectivity index (χ4n) is 4.15. The van der Waals surface area contributed by atoms with Crippen molar-refractivity contribution in [1.82, 2.24) is 14.9 Å². The Balaban J connectivity index is 1.53. The minimum absolute atomic E-state index is 0.239. The van der Waals surface area contributed by atoms with Crippen LogP contribution >= 0.6 is 0 Å². The summed E-state index contributed by atoms with van der Waals surface area (Å²) in [6, 6.07) is 10.3. The normalized spacial score (nSPS) is 15.5. The first-order valence-electron chi connectivity index (χ1n) is 12.1. The third-order valence-corrected chi connectivity index (χ3v) is 6.18. The molecule has 1 atom stereocenters. The van der Waals surface area contributed by atoms with E-state index in [4.69, 9.17) is 10.1 Å². The summed E-state index contributed by atoms with van der Waals surface area (Å²) in [5.41, 5.74) is 5.09. The predicted octanol–water partition coefficient (Wildman–Crippen LogP) is 4.31. The van der Waals surface area contributed by atoms with Crippen LogP contribution in [0.2, 0.25) is 0 Å². The molecule has 0 radical (unpaired) electrons. The number of ether oxygens (including phenoxy) is 1. The molecule has 1 aliphatic heterocycles. The van der Waals surface area contributed by atoms with Gasteiger partial charge >= 0.3 is 0 Å². The van der Waals surface area contributed by atoms with Crippen molar-refractivity contribution in [3.05, 3.63) is 47.8 Å². The lowest BCUT2D eigenvalue weighted by molar-refractivity contribution is 0.0394. The number of hydrogen-bond acceptors (Lipinski definition) is 7. The van der Waals surface area contributed by atoms with Gasteiger partial charge in [0.05, 0.1) is 36.9 Å². The Morgan fingerprint density at radius 1 is 1.31 bits per heavy atom. The largest absolute Gasteiger partial charge is 0.384 e. The number of nitriles is 1. The van der Waals surface area contributed by atoms with Crippen molar-refractivity contribution in [2.75, 3.05) is 51.3 Å². The highest BCUT2D eigenvalue weighted by Crippen LogP contribution is 2.32. The van der Waals surface area contributed by atoms with Crippen molar-refractivity contribution in [2.24, 2.45) is 10.9 Å². The molecule has 0 aliphatic carbocycles. The minimum atomic E-state index is -0.239. The van der Waals surface area contributed by atoms with Crippen LogP contribution in [0.1, 0.15) is 30.9 Å². The van der Waals surface area contributed by atoms with Gasteiger partial charge in [0.1, 0.15) is 11.7 Å². The average Bonchev–Trinajstić information content (AvgIpc) is 3.31. The van der Waals surface area contributed by atoms with Crippen LogP contribution in [0.25, 0.3) is 22.2 Å². The Kier molecular flexibility index (Phi) is 8.24. The van der Waals surface area contributed by atoms with Gasteiger partial charge in [-0.25, -0.2) is 4.98 Å². The van der Waals surface area contributed by atoms with Crippen LogP contribution in [0.15, 0.2) is 41.7 Å². The second kappa shape index (κ2) is 11.7. The first-order chi connectivity index (χ1) is 17.1. The van der Waals surface area contributed by atoms with Crippen molar-refractivity contribution in [1.29, 1.82) is 10.7 Å². The fraction of sp³-hybridized carbons (Fsp3) is 0.407. The molecule has 1 unspecified atom stereocenters. The van der Waals surface area contributed by atoms with Gasteiger partial charge in [-0.1, -0.05) is 19.9 Å². The molecule has 8 nitrogen and oxygen atoms in total. The summed E-state index contributed by atoms with van der Waals surface area (Å²) in [5.74, 6) is 0.251. The lowest BCUT2D eigenvalue weighted by Crippen LogP contribution is -2.37. The Morgan fingerprint density at radius 3 is 2.89 bits per heavy atom. The molecular formula is C27H33N7O. The van der Waals surface area contributed by atoms with Crippen LogP contribution in [-0.4, -0.2) is 73.2 Å². The maximum absolute atomic E-state index is 9.69. The Labute approximate surface area is 206 Å². The topological polar surface area (TPSA) is 113 Å². The molecule has 3 aromatic rings. The number of rotatable bonds is 10. The van der Waals surface area contributed by atoms with Crippen molar-refractivity contribution >= 4 is 29.1 Å². The Hall–Kier alpha value is -3.54. The number of aromatic nitrogens is 2. The summed E-state index contributed by atoms with van der Waals surface area (Å²) in [5, 5.41) is 22.0. The number of hydrogen-bond donors (Lipinski definition) is 3. The maximum atomic E-state index is 9.69. The maximum Gasteiger partial charge on any atom is 0.137 e. The molecule has 3 N–H and O–H groups in total. The minimum Gasteiger partial charge on any atom is -0.384 e. The molecule has 0 spiro atoms. The van der Waals surface area contributed by atoms with E-state index in [2.05, 4.69) is 51.2 Å². The standard InChI is InChI=1S/C27H33N7O/c1-19(2)15-31-26-4-3-20(11-21(26)13-28)25-18-33-27-24(25)12-22(17-32-27)23(14-29)16-30-5-6-34-7-9-35-10-8-34/h3-4,11-12,14,16-19,23,29,31H,5-10,15H2,1-2H3,(H,32,33). The van der Waals surface area contributed by atoms with E-state index in [1.807, 2.05) is 30.6 Å². The number of nitrogens with one attached hydrogen (secondary N) is 3. The Morgan fingerprint density at radius 2 is 2.14 bits per heavy atom. The average molecular weight is 472 g/mol. The van der Waals surface area contributed by atoms with E-state index in [-0.39, 0.29) is 5.92 Å². The summed E-state index contributed by atoms with van der Waals surface area (Å²) >= 11 is 0. The molecule has 182 valence electrons.